The van der Waals surface area contributed by atoms with Crippen LogP contribution in [0.25, 0.3) is 0 Å². The molecular formula is C25H36Si4. The summed E-state index contributed by atoms with van der Waals surface area (Å²) in [5.74, 6) is 0. The highest BCUT2D eigenvalue weighted by atomic mass is 28.3. The Hall–Kier alpha value is -1.21. The summed E-state index contributed by atoms with van der Waals surface area (Å²) in [7, 11) is -4.19. The van der Waals surface area contributed by atoms with E-state index in [1.54, 1.807) is 31.1 Å². The van der Waals surface area contributed by atoms with Gasteiger partial charge in [-0.1, -0.05) is 144 Å². The second kappa shape index (κ2) is 8.50. The van der Waals surface area contributed by atoms with Crippen LogP contribution in [0.1, 0.15) is 6.42 Å². The summed E-state index contributed by atoms with van der Waals surface area (Å²) in [6.45, 7) is 20.0. The zero-order valence-electron chi connectivity index (χ0n) is 19.5. The molecule has 0 nitrogen and oxygen atoms in total. The van der Waals surface area contributed by atoms with E-state index in [0.29, 0.717) is 0 Å². The molecule has 152 valence electrons. The molecular weight excluding hydrogens is 413 g/mol. The molecule has 0 saturated heterocycles. The predicted octanol–water partition coefficient (Wildman–Crippen LogP) is 4.48. The second-order valence-corrected chi connectivity index (χ2v) is 23.8. The van der Waals surface area contributed by atoms with Crippen molar-refractivity contribution in [2.75, 3.05) is 0 Å². The van der Waals surface area contributed by atoms with E-state index in [-0.39, 0.29) is 0 Å². The predicted molar refractivity (Wildman–Crippen MR) is 142 cm³/mol. The fourth-order valence-corrected chi connectivity index (χ4v) is 15.8. The third-order valence-corrected chi connectivity index (χ3v) is 17.7. The molecule has 0 amide bonds. The van der Waals surface area contributed by atoms with Crippen LogP contribution in [0.2, 0.25) is 52.4 Å². The lowest BCUT2D eigenvalue weighted by Gasteiger charge is -2.32. The van der Waals surface area contributed by atoms with Gasteiger partial charge in [-0.05, 0) is 6.42 Å². The van der Waals surface area contributed by atoms with Crippen molar-refractivity contribution in [2.45, 2.75) is 58.8 Å². The van der Waals surface area contributed by atoms with Crippen LogP contribution >= 0.6 is 0 Å². The molecule has 3 rings (SSSR count). The maximum atomic E-state index is 2.57. The van der Waals surface area contributed by atoms with Gasteiger partial charge >= 0.3 is 0 Å². The minimum absolute atomic E-state index is 0.449. The first-order valence-electron chi connectivity index (χ1n) is 10.8. The lowest BCUT2D eigenvalue weighted by molar-refractivity contribution is 1.30. The van der Waals surface area contributed by atoms with Gasteiger partial charge in [-0.15, -0.1) is 0 Å². The van der Waals surface area contributed by atoms with Crippen LogP contribution in [0, 0.1) is 0 Å². The first-order chi connectivity index (χ1) is 13.6. The molecule has 0 bridgehead atoms. The summed E-state index contributed by atoms with van der Waals surface area (Å²) in [4.78, 5) is 0. The van der Waals surface area contributed by atoms with Crippen LogP contribution in [0.15, 0.2) is 71.1 Å². The van der Waals surface area contributed by atoms with E-state index in [0.717, 1.165) is 0 Å². The van der Waals surface area contributed by atoms with Crippen molar-refractivity contribution in [1.82, 2.24) is 0 Å². The Morgan fingerprint density at radius 2 is 0.931 bits per heavy atom. The molecule has 29 heavy (non-hydrogen) atoms. The summed E-state index contributed by atoms with van der Waals surface area (Å²) in [5.41, 5.74) is 0. The van der Waals surface area contributed by atoms with E-state index >= 15 is 0 Å². The topological polar surface area (TPSA) is 0 Å². The molecule has 0 aromatic heterocycles. The standard InChI is InChI=1S/C25H36Si4/c1-26(2)22-13-9-11-15-24(22)28(5,6)20-17-18-21(19-20)29(7,8)25-16-12-10-14-23(25)27(3)4/h9-18H,19H2,1-8H3. The largest absolute Gasteiger partial charge is 0.107 e. The lowest BCUT2D eigenvalue weighted by atomic mass is 10.4. The van der Waals surface area contributed by atoms with Crippen molar-refractivity contribution in [3.05, 3.63) is 71.1 Å². The van der Waals surface area contributed by atoms with Gasteiger partial charge in [-0.25, -0.2) is 0 Å². The van der Waals surface area contributed by atoms with E-state index in [1.165, 1.54) is 6.42 Å². The van der Waals surface area contributed by atoms with Gasteiger partial charge in [0.25, 0.3) is 0 Å². The SMILES string of the molecule is C[Si](C)c1ccccc1[Si](C)(C)C1=CC=C([Si](C)(C)c2ccccc2[Si](C)C)C1. The molecule has 2 aromatic carbocycles. The van der Waals surface area contributed by atoms with Crippen LogP contribution in [0.5, 0.6) is 0 Å². The second-order valence-electron chi connectivity index (χ2n) is 9.90. The third-order valence-electron chi connectivity index (χ3n) is 6.75. The summed E-state index contributed by atoms with van der Waals surface area (Å²) in [6, 6.07) is 18.6. The molecule has 2 radical (unpaired) electrons. The zero-order chi connectivity index (χ0) is 21.4. The summed E-state index contributed by atoms with van der Waals surface area (Å²) in [5, 5.41) is 10.1. The zero-order valence-corrected chi connectivity index (χ0v) is 23.5. The van der Waals surface area contributed by atoms with Crippen LogP contribution in [0.3, 0.4) is 0 Å². The van der Waals surface area contributed by atoms with Gasteiger partial charge < -0.3 is 0 Å². The van der Waals surface area contributed by atoms with Gasteiger partial charge in [0.05, 0.1) is 17.6 Å². The Labute approximate surface area is 184 Å². The Bertz CT molecular complexity index is 871. The minimum atomic E-state index is -1.65. The van der Waals surface area contributed by atoms with Crippen molar-refractivity contribution in [3.63, 3.8) is 0 Å². The molecule has 0 atom stereocenters. The Kier molecular flexibility index (Phi) is 6.58. The van der Waals surface area contributed by atoms with Crippen molar-refractivity contribution < 1.29 is 0 Å². The molecule has 1 aliphatic carbocycles. The molecule has 0 N–H and O–H groups in total. The van der Waals surface area contributed by atoms with E-state index in [9.17, 15) is 0 Å². The van der Waals surface area contributed by atoms with Gasteiger partial charge in [0, 0.05) is 0 Å². The van der Waals surface area contributed by atoms with Crippen molar-refractivity contribution in [2.24, 2.45) is 0 Å². The fraction of sp³-hybridized carbons (Fsp3) is 0.360. The molecule has 1 aliphatic rings. The number of hydrogen-bond donors (Lipinski definition) is 0. The van der Waals surface area contributed by atoms with Gasteiger partial charge in [-0.3, -0.25) is 0 Å². The van der Waals surface area contributed by atoms with Crippen LogP contribution in [-0.2, 0) is 0 Å². The first-order valence-corrected chi connectivity index (χ1v) is 21.8. The molecule has 0 fully saturated rings. The highest BCUT2D eigenvalue weighted by Crippen LogP contribution is 2.32. The number of allylic oxidation sites excluding steroid dienone is 4. The molecule has 4 heteroatoms. The summed E-state index contributed by atoms with van der Waals surface area (Å²) in [6.07, 6.45) is 6.22. The third kappa shape index (κ3) is 4.31. The van der Waals surface area contributed by atoms with Gasteiger partial charge in [-0.2, -0.15) is 0 Å². The molecule has 2 aromatic rings. The van der Waals surface area contributed by atoms with Crippen molar-refractivity contribution >= 4 is 54.5 Å². The van der Waals surface area contributed by atoms with Crippen LogP contribution < -0.4 is 20.7 Å². The average Bonchev–Trinajstić information content (AvgIpc) is 3.20. The van der Waals surface area contributed by atoms with E-state index in [1.807, 2.05) is 0 Å². The smallest absolute Gasteiger partial charge is 0.0725 e. The lowest BCUT2D eigenvalue weighted by Crippen LogP contribution is -2.56. The van der Waals surface area contributed by atoms with Crippen molar-refractivity contribution in [1.29, 1.82) is 0 Å². The molecule has 0 saturated carbocycles. The van der Waals surface area contributed by atoms with E-state index in [2.05, 4.69) is 113 Å². The van der Waals surface area contributed by atoms with Gasteiger partial charge in [0.15, 0.2) is 0 Å². The summed E-state index contributed by atoms with van der Waals surface area (Å²) >= 11 is 0. The van der Waals surface area contributed by atoms with Gasteiger partial charge in [0.2, 0.25) is 0 Å². The Balaban J connectivity index is 1.91. The average molecular weight is 449 g/mol. The first kappa shape index (κ1) is 22.5. The van der Waals surface area contributed by atoms with E-state index in [4.69, 9.17) is 0 Å². The van der Waals surface area contributed by atoms with Crippen molar-refractivity contribution in [3.8, 4) is 0 Å². The fourth-order valence-electron chi connectivity index (χ4n) is 4.66. The number of rotatable bonds is 6. The van der Waals surface area contributed by atoms with Gasteiger partial charge in [0.1, 0.15) is 16.1 Å². The number of hydrogen-bond acceptors (Lipinski definition) is 0. The Morgan fingerprint density at radius 3 is 1.28 bits per heavy atom. The Morgan fingerprint density at radius 1 is 0.586 bits per heavy atom. The quantitative estimate of drug-likeness (QED) is 0.572. The van der Waals surface area contributed by atoms with E-state index < -0.39 is 33.7 Å². The summed E-state index contributed by atoms with van der Waals surface area (Å²) < 4.78 is 0. The number of benzene rings is 2. The molecule has 0 unspecified atom stereocenters. The minimum Gasteiger partial charge on any atom is -0.0725 e. The molecule has 0 heterocycles. The molecule has 0 spiro atoms. The maximum Gasteiger partial charge on any atom is 0.107 e. The van der Waals surface area contributed by atoms with Crippen LogP contribution in [0.4, 0.5) is 0 Å². The highest BCUT2D eigenvalue weighted by Gasteiger charge is 2.38. The maximum absolute atomic E-state index is 2.57. The van der Waals surface area contributed by atoms with Crippen LogP contribution in [-0.4, -0.2) is 33.7 Å². The normalized spacial score (nSPS) is 15.1. The molecule has 0 aliphatic heterocycles. The highest BCUT2D eigenvalue weighted by molar-refractivity contribution is 7.01. The monoisotopic (exact) mass is 448 g/mol.